The van der Waals surface area contributed by atoms with Crippen molar-refractivity contribution in [2.45, 2.75) is 40.5 Å². The minimum Gasteiger partial charge on any atom is -1.00 e. The minimum atomic E-state index is -0.953. The first-order chi connectivity index (χ1) is 13.0. The number of allylic oxidation sites excluding steroid dienone is 8. The van der Waals surface area contributed by atoms with E-state index in [9.17, 15) is 0 Å². The van der Waals surface area contributed by atoms with Gasteiger partial charge in [0.15, 0.2) is 0 Å². The van der Waals surface area contributed by atoms with Crippen LogP contribution in [0.25, 0.3) is 11.1 Å². The second-order valence-corrected chi connectivity index (χ2v) is 12.9. The summed E-state index contributed by atoms with van der Waals surface area (Å²) >= 11 is -0.953. The van der Waals surface area contributed by atoms with Crippen molar-refractivity contribution in [1.29, 1.82) is 0 Å². The summed E-state index contributed by atoms with van der Waals surface area (Å²) in [5.41, 5.74) is 11.5. The van der Waals surface area contributed by atoms with Crippen molar-refractivity contribution in [2.24, 2.45) is 0 Å². The van der Waals surface area contributed by atoms with E-state index >= 15 is 0 Å². The van der Waals surface area contributed by atoms with Crippen LogP contribution in [0.4, 0.5) is 0 Å². The molecule has 29 heavy (non-hydrogen) atoms. The first-order valence-electron chi connectivity index (χ1n) is 9.74. The van der Waals surface area contributed by atoms with E-state index < -0.39 is 22.9 Å². The summed E-state index contributed by atoms with van der Waals surface area (Å²) in [6.07, 6.45) is 7.27. The monoisotopic (exact) mass is 588 g/mol. The molecule has 0 bridgehead atoms. The summed E-state index contributed by atoms with van der Waals surface area (Å²) < 4.78 is 3.55. The molecular formula is C26H26Cl2Hf. The zero-order valence-corrected chi connectivity index (χ0v) is 22.5. The predicted molar refractivity (Wildman–Crippen MR) is 113 cm³/mol. The van der Waals surface area contributed by atoms with Gasteiger partial charge in [0.2, 0.25) is 0 Å². The van der Waals surface area contributed by atoms with Gasteiger partial charge in [0, 0.05) is 0 Å². The van der Waals surface area contributed by atoms with E-state index in [-0.39, 0.29) is 24.8 Å². The minimum absolute atomic E-state index is 0. The van der Waals surface area contributed by atoms with Crippen molar-refractivity contribution in [3.8, 4) is 0 Å². The average molecular weight is 588 g/mol. The Kier molecular flexibility index (Phi) is 8.52. The molecule has 0 radical (unpaired) electrons. The van der Waals surface area contributed by atoms with Gasteiger partial charge in [-0.2, -0.15) is 0 Å². The second-order valence-electron chi connectivity index (χ2n) is 7.71. The van der Waals surface area contributed by atoms with Crippen molar-refractivity contribution in [3.05, 3.63) is 101 Å². The number of aryl methyl sites for hydroxylation is 2. The first kappa shape index (κ1) is 24.1. The van der Waals surface area contributed by atoms with Crippen molar-refractivity contribution in [1.82, 2.24) is 0 Å². The third-order valence-electron chi connectivity index (χ3n) is 5.76. The maximum absolute atomic E-state index is 2.46. The van der Waals surface area contributed by atoms with E-state index in [4.69, 9.17) is 0 Å². The molecule has 4 rings (SSSR count). The fraction of sp³-hybridized carbons (Fsp3) is 0.231. The summed E-state index contributed by atoms with van der Waals surface area (Å²) in [6.45, 7) is 9.01. The van der Waals surface area contributed by atoms with Gasteiger partial charge in [0.25, 0.3) is 0 Å². The maximum atomic E-state index is 2.46. The van der Waals surface area contributed by atoms with Crippen molar-refractivity contribution in [3.63, 3.8) is 0 Å². The number of benzene rings is 2. The van der Waals surface area contributed by atoms with Crippen LogP contribution in [-0.4, -0.2) is 0 Å². The van der Waals surface area contributed by atoms with Gasteiger partial charge in [-0.25, -0.2) is 0 Å². The van der Waals surface area contributed by atoms with Crippen LogP contribution in [0.1, 0.15) is 48.9 Å². The largest absolute Gasteiger partial charge is 1.00 e. The van der Waals surface area contributed by atoms with Gasteiger partial charge in [0.1, 0.15) is 0 Å². The molecule has 0 amide bonds. The van der Waals surface area contributed by atoms with Gasteiger partial charge in [-0.05, 0) is 0 Å². The van der Waals surface area contributed by atoms with Crippen LogP contribution in [-0.2, 0) is 22.9 Å². The van der Waals surface area contributed by atoms with Crippen LogP contribution in [0.15, 0.2) is 78.5 Å². The van der Waals surface area contributed by atoms with E-state index in [0.717, 1.165) is 0 Å². The molecule has 3 heteroatoms. The fourth-order valence-electron chi connectivity index (χ4n) is 3.95. The summed E-state index contributed by atoms with van der Waals surface area (Å²) in [5, 5.41) is 0. The van der Waals surface area contributed by atoms with Gasteiger partial charge < -0.3 is 24.8 Å². The molecule has 0 heterocycles. The molecule has 0 saturated heterocycles. The Balaban J connectivity index is 0.00000150. The molecule has 2 aromatic rings. The smallest absolute Gasteiger partial charge is 1.00 e. The topological polar surface area (TPSA) is 0 Å². The van der Waals surface area contributed by atoms with Crippen LogP contribution < -0.4 is 24.8 Å². The third kappa shape index (κ3) is 5.13. The molecule has 2 aromatic carbocycles. The van der Waals surface area contributed by atoms with Crippen molar-refractivity contribution < 1.29 is 47.7 Å². The Morgan fingerprint density at radius 2 is 0.897 bits per heavy atom. The second kappa shape index (κ2) is 10.2. The van der Waals surface area contributed by atoms with Gasteiger partial charge in [-0.15, -0.1) is 0 Å². The standard InChI is InChI=1S/2C13H13.2ClH.Hf/c2*1-10-6-8-12(9-7-10)13-5-3-4-11(13)2;;;/h2*5-9H,3H2,1-2H3;2*1H;/q;;;;+2/p-2. The Hall–Kier alpha value is -1.15. The van der Waals surface area contributed by atoms with Crippen LogP contribution in [0.5, 0.6) is 0 Å². The quantitative estimate of drug-likeness (QED) is 0.472. The molecule has 0 unspecified atom stereocenters. The molecular weight excluding hydrogens is 562 g/mol. The molecule has 0 aromatic heterocycles. The first-order valence-corrected chi connectivity index (χ1v) is 13.3. The normalized spacial score (nSPS) is 15.4. The van der Waals surface area contributed by atoms with E-state index in [1.807, 2.05) is 0 Å². The fourth-order valence-corrected chi connectivity index (χ4v) is 9.04. The predicted octanol–water partition coefficient (Wildman–Crippen LogP) is 1.22. The van der Waals surface area contributed by atoms with Gasteiger partial charge >= 0.3 is 175 Å². The molecule has 2 aliphatic carbocycles. The summed E-state index contributed by atoms with van der Waals surface area (Å²) in [6, 6.07) is 18.0. The summed E-state index contributed by atoms with van der Waals surface area (Å²) in [7, 11) is 0. The zero-order valence-electron chi connectivity index (χ0n) is 17.4. The number of rotatable bonds is 4. The molecule has 0 aliphatic heterocycles. The average Bonchev–Trinajstić information content (AvgIpc) is 3.21. The Morgan fingerprint density at radius 3 is 1.24 bits per heavy atom. The SMILES string of the molecule is CC1=[C]([Hf+2][C]2=C(C)C(c3ccc(C)cc3)=CC2)CC=C1c1ccc(C)cc1.[Cl-].[Cl-]. The maximum Gasteiger partial charge on any atom is -1.00 e. The Labute approximate surface area is 199 Å². The molecule has 2 aliphatic rings. The molecule has 0 spiro atoms. The number of hydrogen-bond acceptors (Lipinski definition) is 0. The molecule has 0 fully saturated rings. The van der Waals surface area contributed by atoms with E-state index in [2.05, 4.69) is 88.4 Å². The van der Waals surface area contributed by atoms with Gasteiger partial charge in [-0.1, -0.05) is 0 Å². The van der Waals surface area contributed by atoms with Crippen LogP contribution in [0.2, 0.25) is 0 Å². The van der Waals surface area contributed by atoms with Crippen molar-refractivity contribution >= 4 is 11.1 Å². The van der Waals surface area contributed by atoms with E-state index in [1.54, 1.807) is 17.8 Å². The van der Waals surface area contributed by atoms with Crippen LogP contribution >= 0.6 is 0 Å². The summed E-state index contributed by atoms with van der Waals surface area (Å²) in [4.78, 5) is 0. The van der Waals surface area contributed by atoms with E-state index in [1.165, 1.54) is 46.2 Å². The third-order valence-corrected chi connectivity index (χ3v) is 12.1. The van der Waals surface area contributed by atoms with Crippen molar-refractivity contribution in [2.75, 3.05) is 0 Å². The molecule has 0 N–H and O–H groups in total. The summed E-state index contributed by atoms with van der Waals surface area (Å²) in [5.74, 6) is 0. The Morgan fingerprint density at radius 1 is 0.552 bits per heavy atom. The number of halogens is 2. The molecule has 0 atom stereocenters. The molecule has 0 saturated carbocycles. The molecule has 148 valence electrons. The van der Waals surface area contributed by atoms with Gasteiger partial charge in [-0.3, -0.25) is 0 Å². The zero-order chi connectivity index (χ0) is 19.0. The van der Waals surface area contributed by atoms with Crippen LogP contribution in [0, 0.1) is 13.8 Å². The van der Waals surface area contributed by atoms with Crippen LogP contribution in [0.3, 0.4) is 0 Å². The number of hydrogen-bond donors (Lipinski definition) is 0. The molecule has 0 nitrogen and oxygen atoms in total. The van der Waals surface area contributed by atoms with E-state index in [0.29, 0.717) is 0 Å². The Bertz CT molecular complexity index is 920. The van der Waals surface area contributed by atoms with Gasteiger partial charge in [0.05, 0.1) is 0 Å².